The number of carbonyl (C=O) groups is 1. The molecule has 0 fully saturated rings. The van der Waals surface area contributed by atoms with Gasteiger partial charge in [-0.05, 0) is 43.1 Å². The monoisotopic (exact) mass is 606 g/mol. The number of allylic oxidation sites excluding steroid dienone is 2. The van der Waals surface area contributed by atoms with E-state index in [-0.39, 0.29) is 6.09 Å². The average Bonchev–Trinajstić information content (AvgIpc) is 3.13. The van der Waals surface area contributed by atoms with Crippen molar-refractivity contribution in [3.63, 3.8) is 0 Å². The molecule has 2 aliphatic heterocycles. The fraction of sp³-hybridized carbons (Fsp3) is 0.706. The SMILES string of the molecule is BrCC(CBr)=C(CBr)CBr.CC(C)(C)OC(=O)N1CC2=C(CNC2)C1. The van der Waals surface area contributed by atoms with Gasteiger partial charge in [0.2, 0.25) is 0 Å². The van der Waals surface area contributed by atoms with Crippen LogP contribution in [0.2, 0.25) is 0 Å². The predicted octanol–water partition coefficient (Wildman–Crippen LogP) is 5.00. The molecule has 2 heterocycles. The smallest absolute Gasteiger partial charge is 0.410 e. The van der Waals surface area contributed by atoms with Crippen LogP contribution in [0.4, 0.5) is 4.79 Å². The van der Waals surface area contributed by atoms with Crippen molar-refractivity contribution in [3.05, 3.63) is 22.3 Å². The Bertz CT molecular complexity index is 485. The van der Waals surface area contributed by atoms with Crippen molar-refractivity contribution in [2.75, 3.05) is 47.5 Å². The van der Waals surface area contributed by atoms with Gasteiger partial charge in [-0.3, -0.25) is 0 Å². The molecule has 1 N–H and O–H groups in total. The molecule has 2 aliphatic rings. The van der Waals surface area contributed by atoms with Gasteiger partial charge in [-0.1, -0.05) is 63.7 Å². The normalized spacial score (nSPS) is 16.4. The lowest BCUT2D eigenvalue weighted by Crippen LogP contribution is -2.37. The van der Waals surface area contributed by atoms with E-state index in [1.54, 1.807) is 4.90 Å². The molecule has 8 heteroatoms. The third-order valence-corrected chi connectivity index (χ3v) is 6.44. The van der Waals surface area contributed by atoms with E-state index < -0.39 is 5.60 Å². The summed E-state index contributed by atoms with van der Waals surface area (Å²) >= 11 is 13.7. The van der Waals surface area contributed by atoms with Crippen molar-refractivity contribution in [1.29, 1.82) is 0 Å². The van der Waals surface area contributed by atoms with Crippen molar-refractivity contribution in [3.8, 4) is 0 Å². The minimum Gasteiger partial charge on any atom is -0.444 e. The predicted molar refractivity (Wildman–Crippen MR) is 120 cm³/mol. The molecule has 0 spiro atoms. The molecule has 0 atom stereocenters. The largest absolute Gasteiger partial charge is 0.444 e. The number of amides is 1. The molecule has 4 nitrogen and oxygen atoms in total. The van der Waals surface area contributed by atoms with Gasteiger partial charge in [0.1, 0.15) is 5.60 Å². The van der Waals surface area contributed by atoms with Gasteiger partial charge in [0, 0.05) is 47.5 Å². The zero-order valence-corrected chi connectivity index (χ0v) is 21.3. The average molecular weight is 610 g/mol. The van der Waals surface area contributed by atoms with Crippen LogP contribution in [0.1, 0.15) is 20.8 Å². The number of halogens is 4. The second kappa shape index (κ2) is 11.5. The number of rotatable bonds is 4. The van der Waals surface area contributed by atoms with E-state index in [0.717, 1.165) is 47.5 Å². The highest BCUT2D eigenvalue weighted by molar-refractivity contribution is 9.10. The Kier molecular flexibility index (Phi) is 10.9. The molecular formula is C17H26Br4N2O2. The topological polar surface area (TPSA) is 41.6 Å². The van der Waals surface area contributed by atoms with E-state index in [2.05, 4.69) is 69.0 Å². The van der Waals surface area contributed by atoms with E-state index >= 15 is 0 Å². The van der Waals surface area contributed by atoms with Gasteiger partial charge >= 0.3 is 6.09 Å². The minimum atomic E-state index is -0.400. The fourth-order valence-corrected chi connectivity index (χ4v) is 5.81. The van der Waals surface area contributed by atoms with Crippen LogP contribution >= 0.6 is 63.7 Å². The molecule has 0 aromatic rings. The first-order valence-corrected chi connectivity index (χ1v) is 12.6. The summed E-state index contributed by atoms with van der Waals surface area (Å²) in [5, 5.41) is 7.08. The van der Waals surface area contributed by atoms with E-state index in [4.69, 9.17) is 4.74 Å². The third kappa shape index (κ3) is 8.03. The number of hydrogen-bond acceptors (Lipinski definition) is 3. The standard InChI is InChI=1S/C11H18N2O2.C6H8Br4/c1-11(2,3)15-10(14)13-6-8-4-12-5-9(8)7-13;7-1-5(2-8)6(3-9)4-10/h12H,4-7H2,1-3H3;1-4H2. The highest BCUT2D eigenvalue weighted by Gasteiger charge is 2.30. The lowest BCUT2D eigenvalue weighted by Gasteiger charge is -2.25. The first-order chi connectivity index (χ1) is 11.8. The van der Waals surface area contributed by atoms with E-state index in [0.29, 0.717) is 0 Å². The summed E-state index contributed by atoms with van der Waals surface area (Å²) in [7, 11) is 0. The van der Waals surface area contributed by atoms with Gasteiger partial charge in [-0.25, -0.2) is 4.79 Å². The van der Waals surface area contributed by atoms with Crippen molar-refractivity contribution < 1.29 is 9.53 Å². The summed E-state index contributed by atoms with van der Waals surface area (Å²) in [5.41, 5.74) is 5.15. The van der Waals surface area contributed by atoms with Crippen molar-refractivity contribution >= 4 is 69.8 Å². The molecular weight excluding hydrogens is 584 g/mol. The van der Waals surface area contributed by atoms with Crippen LogP contribution in [0.3, 0.4) is 0 Å². The number of alkyl halides is 4. The number of carbonyl (C=O) groups excluding carboxylic acids is 1. The van der Waals surface area contributed by atoms with Crippen LogP contribution in [0.15, 0.2) is 22.3 Å². The van der Waals surface area contributed by atoms with Gasteiger partial charge in [0.25, 0.3) is 0 Å². The van der Waals surface area contributed by atoms with Crippen LogP contribution in [0.25, 0.3) is 0 Å². The van der Waals surface area contributed by atoms with Crippen LogP contribution in [-0.4, -0.2) is 64.1 Å². The van der Waals surface area contributed by atoms with E-state index in [1.165, 1.54) is 22.3 Å². The van der Waals surface area contributed by atoms with Gasteiger partial charge in [0.05, 0.1) is 0 Å². The Labute approximate surface area is 184 Å². The number of nitrogens with one attached hydrogen (secondary N) is 1. The van der Waals surface area contributed by atoms with Gasteiger partial charge < -0.3 is 15.0 Å². The van der Waals surface area contributed by atoms with Gasteiger partial charge in [-0.2, -0.15) is 0 Å². The summed E-state index contributed by atoms with van der Waals surface area (Å²) in [6, 6.07) is 0. The highest BCUT2D eigenvalue weighted by atomic mass is 79.9. The zero-order valence-electron chi connectivity index (χ0n) is 14.9. The maximum Gasteiger partial charge on any atom is 0.410 e. The molecule has 0 unspecified atom stereocenters. The quantitative estimate of drug-likeness (QED) is 0.361. The first kappa shape index (κ1) is 23.7. The van der Waals surface area contributed by atoms with Gasteiger partial charge in [0.15, 0.2) is 0 Å². The number of hydrogen-bond donors (Lipinski definition) is 1. The maximum absolute atomic E-state index is 11.7. The molecule has 0 saturated heterocycles. The molecule has 0 aromatic heterocycles. The van der Waals surface area contributed by atoms with Crippen LogP contribution in [0.5, 0.6) is 0 Å². The van der Waals surface area contributed by atoms with Crippen LogP contribution in [-0.2, 0) is 4.74 Å². The molecule has 0 bridgehead atoms. The second-order valence-electron chi connectivity index (χ2n) is 6.89. The third-order valence-electron chi connectivity index (χ3n) is 3.74. The molecule has 0 aliphatic carbocycles. The molecule has 0 aromatic carbocycles. The van der Waals surface area contributed by atoms with Crippen molar-refractivity contribution in [1.82, 2.24) is 10.2 Å². The first-order valence-electron chi connectivity index (χ1n) is 8.07. The molecule has 0 radical (unpaired) electrons. The Balaban J connectivity index is 0.000000275. The fourth-order valence-electron chi connectivity index (χ4n) is 2.37. The molecule has 1 amide bonds. The lowest BCUT2D eigenvalue weighted by molar-refractivity contribution is 0.0297. The summed E-state index contributed by atoms with van der Waals surface area (Å²) in [6.45, 7) is 8.99. The van der Waals surface area contributed by atoms with Crippen molar-refractivity contribution in [2.45, 2.75) is 26.4 Å². The number of ether oxygens (including phenoxy) is 1. The summed E-state index contributed by atoms with van der Waals surface area (Å²) in [6.07, 6.45) is -0.197. The Hall–Kier alpha value is 0.630. The van der Waals surface area contributed by atoms with Gasteiger partial charge in [-0.15, -0.1) is 0 Å². The van der Waals surface area contributed by atoms with E-state index in [1.807, 2.05) is 20.8 Å². The Morgan fingerprint density at radius 1 is 0.960 bits per heavy atom. The van der Waals surface area contributed by atoms with Crippen LogP contribution < -0.4 is 5.32 Å². The molecule has 25 heavy (non-hydrogen) atoms. The van der Waals surface area contributed by atoms with Crippen LogP contribution in [0, 0.1) is 0 Å². The number of nitrogens with zero attached hydrogens (tertiary/aromatic N) is 1. The Morgan fingerprint density at radius 3 is 1.68 bits per heavy atom. The lowest BCUT2D eigenvalue weighted by atomic mass is 10.2. The summed E-state index contributed by atoms with van der Waals surface area (Å²) < 4.78 is 5.33. The molecule has 0 saturated carbocycles. The van der Waals surface area contributed by atoms with Crippen molar-refractivity contribution in [2.24, 2.45) is 0 Å². The maximum atomic E-state index is 11.7. The van der Waals surface area contributed by atoms with E-state index in [9.17, 15) is 4.79 Å². The highest BCUT2D eigenvalue weighted by Crippen LogP contribution is 2.22. The molecule has 144 valence electrons. The summed E-state index contributed by atoms with van der Waals surface area (Å²) in [5.74, 6) is 0. The zero-order chi connectivity index (χ0) is 19.0. The molecule has 2 rings (SSSR count). The second-order valence-corrected chi connectivity index (χ2v) is 9.13. The Morgan fingerprint density at radius 2 is 1.36 bits per heavy atom. The summed E-state index contributed by atoms with van der Waals surface area (Å²) in [4.78, 5) is 13.5. The minimum absolute atomic E-state index is 0.197.